The predicted molar refractivity (Wildman–Crippen MR) is 148 cm³/mol. The van der Waals surface area contributed by atoms with E-state index in [1.54, 1.807) is 41.3 Å². The normalized spacial score (nSPS) is 12.6. The van der Waals surface area contributed by atoms with Gasteiger partial charge in [-0.15, -0.1) is 23.1 Å². The van der Waals surface area contributed by atoms with E-state index >= 15 is 0 Å². The molecule has 1 aromatic heterocycles. The molecule has 0 spiro atoms. The molecule has 2 heterocycles. The zero-order valence-corrected chi connectivity index (χ0v) is 22.0. The molecule has 5 rings (SSSR count). The van der Waals surface area contributed by atoms with Gasteiger partial charge in [-0.25, -0.2) is 0 Å². The summed E-state index contributed by atoms with van der Waals surface area (Å²) >= 11 is 3.23. The summed E-state index contributed by atoms with van der Waals surface area (Å²) in [5.74, 6) is 0.477. The number of carbonyl (C=O) groups is 1. The van der Waals surface area contributed by atoms with Crippen molar-refractivity contribution in [1.82, 2.24) is 5.32 Å². The third-order valence-electron chi connectivity index (χ3n) is 6.17. The van der Waals surface area contributed by atoms with Gasteiger partial charge >= 0.3 is 0 Å². The van der Waals surface area contributed by atoms with Gasteiger partial charge in [0.1, 0.15) is 18.0 Å². The van der Waals surface area contributed by atoms with Crippen LogP contribution in [0, 0.1) is 6.92 Å². The summed E-state index contributed by atoms with van der Waals surface area (Å²) in [5.41, 5.74) is 4.04. The number of fused-ring (bicyclic) bond motifs is 1. The van der Waals surface area contributed by atoms with Crippen LogP contribution < -0.4 is 20.3 Å². The van der Waals surface area contributed by atoms with Crippen molar-refractivity contribution in [3.8, 4) is 16.2 Å². The van der Waals surface area contributed by atoms with E-state index in [1.165, 1.54) is 17.0 Å². The first-order valence-electron chi connectivity index (χ1n) is 11.7. The average molecular weight is 538 g/mol. The maximum absolute atomic E-state index is 13.1. The Balaban J connectivity index is 1.34. The van der Waals surface area contributed by atoms with Gasteiger partial charge in [0, 0.05) is 21.9 Å². The summed E-state index contributed by atoms with van der Waals surface area (Å²) in [7, 11) is 0. The maximum atomic E-state index is 13.1. The van der Waals surface area contributed by atoms with Crippen molar-refractivity contribution < 1.29 is 18.5 Å². The Labute approximate surface area is 222 Å². The number of rotatable bonds is 7. The Morgan fingerprint density at radius 1 is 1.11 bits per heavy atom. The van der Waals surface area contributed by atoms with Gasteiger partial charge in [-0.1, -0.05) is 33.2 Å². The molecule has 3 aromatic carbocycles. The summed E-state index contributed by atoms with van der Waals surface area (Å²) in [6, 6.07) is 22.0. The summed E-state index contributed by atoms with van der Waals surface area (Å²) in [4.78, 5) is 17.1. The predicted octanol–water partition coefficient (Wildman–Crippen LogP) is 7.48. The van der Waals surface area contributed by atoms with Gasteiger partial charge < -0.3 is 15.0 Å². The van der Waals surface area contributed by atoms with Crippen LogP contribution in [0.25, 0.3) is 10.4 Å². The molecule has 37 heavy (non-hydrogen) atoms. The van der Waals surface area contributed by atoms with E-state index < -0.39 is 5.34 Å². The van der Waals surface area contributed by atoms with E-state index in [1.807, 2.05) is 49.6 Å². The topological polar surface area (TPSA) is 44.8 Å². The van der Waals surface area contributed by atoms with Crippen molar-refractivity contribution in [3.05, 3.63) is 89.5 Å². The van der Waals surface area contributed by atoms with Crippen LogP contribution in [0.2, 0.25) is 0 Å². The zero-order valence-electron chi connectivity index (χ0n) is 20.3. The van der Waals surface area contributed by atoms with Gasteiger partial charge in [0.15, 0.2) is 0 Å². The SMILES string of the molecule is CSc1ccc(CNC(=O)c2ccc3c(c2)OCCN3c2cc(C)c(-c3cccc(N(F)F)c3)s2)cc1. The molecule has 0 aliphatic carbocycles. The number of halogens is 2. The maximum Gasteiger partial charge on any atom is 0.251 e. The number of nitrogens with zero attached hydrogens (tertiary/aromatic N) is 2. The number of hydrogen-bond donors (Lipinski definition) is 1. The Kier molecular flexibility index (Phi) is 7.34. The third-order valence-corrected chi connectivity index (χ3v) is 8.22. The average Bonchev–Trinajstić information content (AvgIpc) is 3.32. The van der Waals surface area contributed by atoms with Crippen LogP contribution in [0.3, 0.4) is 0 Å². The lowest BCUT2D eigenvalue weighted by atomic mass is 10.1. The molecule has 1 N–H and O–H groups in total. The number of hydrogen-bond acceptors (Lipinski definition) is 6. The molecule has 0 saturated carbocycles. The van der Waals surface area contributed by atoms with E-state index in [4.69, 9.17) is 4.74 Å². The minimum atomic E-state index is -0.874. The highest BCUT2D eigenvalue weighted by Crippen LogP contribution is 2.44. The molecular weight excluding hydrogens is 512 g/mol. The molecule has 190 valence electrons. The standard InChI is InChI=1S/C28H25F2N3O2S2/c1-18-14-26(37-27(18)20-4-3-5-22(15-20)33(29)30)32-12-13-35-25-16-21(8-11-24(25)32)28(34)31-17-19-6-9-23(36-2)10-7-19/h3-11,14-16H,12-13,17H2,1-2H3,(H,31,34). The molecule has 0 fully saturated rings. The number of benzene rings is 3. The van der Waals surface area contributed by atoms with Crippen molar-refractivity contribution in [1.29, 1.82) is 0 Å². The summed E-state index contributed by atoms with van der Waals surface area (Å²) < 4.78 is 32.0. The number of ether oxygens (including phenoxy) is 1. The first kappa shape index (κ1) is 25.1. The smallest absolute Gasteiger partial charge is 0.251 e. The Morgan fingerprint density at radius 3 is 2.68 bits per heavy atom. The lowest BCUT2D eigenvalue weighted by molar-refractivity contribution is 0.0950. The molecule has 1 aliphatic rings. The summed E-state index contributed by atoms with van der Waals surface area (Å²) in [6.07, 6.45) is 2.03. The van der Waals surface area contributed by atoms with Crippen LogP contribution in [0.5, 0.6) is 5.75 Å². The monoisotopic (exact) mass is 537 g/mol. The number of amides is 1. The van der Waals surface area contributed by atoms with Crippen LogP contribution in [0.1, 0.15) is 21.5 Å². The molecule has 5 nitrogen and oxygen atoms in total. The minimum absolute atomic E-state index is 0.147. The Bertz CT molecular complexity index is 1420. The fourth-order valence-corrected chi connectivity index (χ4v) is 5.87. The van der Waals surface area contributed by atoms with Crippen molar-refractivity contribution in [3.63, 3.8) is 0 Å². The fraction of sp³-hybridized carbons (Fsp3) is 0.179. The van der Waals surface area contributed by atoms with Crippen LogP contribution in [0.15, 0.2) is 77.7 Å². The van der Waals surface area contributed by atoms with E-state index in [2.05, 4.69) is 16.3 Å². The molecule has 1 amide bonds. The van der Waals surface area contributed by atoms with Crippen molar-refractivity contribution in [2.45, 2.75) is 18.4 Å². The van der Waals surface area contributed by atoms with Crippen LogP contribution in [-0.4, -0.2) is 25.3 Å². The number of thioether (sulfide) groups is 1. The lowest BCUT2D eigenvalue weighted by Gasteiger charge is -2.30. The second-order valence-electron chi connectivity index (χ2n) is 8.59. The highest BCUT2D eigenvalue weighted by molar-refractivity contribution is 7.98. The summed E-state index contributed by atoms with van der Waals surface area (Å²) in [6.45, 7) is 3.54. The Hall–Kier alpha value is -3.56. The number of carbonyl (C=O) groups excluding carboxylic acids is 1. The number of thiophene rings is 1. The number of aryl methyl sites for hydroxylation is 1. The second-order valence-corrected chi connectivity index (χ2v) is 10.5. The van der Waals surface area contributed by atoms with Crippen molar-refractivity contribution in [2.24, 2.45) is 0 Å². The van der Waals surface area contributed by atoms with Crippen LogP contribution in [-0.2, 0) is 6.54 Å². The molecule has 0 atom stereocenters. The molecule has 0 radical (unpaired) electrons. The molecule has 0 saturated heterocycles. The van der Waals surface area contributed by atoms with Crippen LogP contribution in [0.4, 0.5) is 25.3 Å². The Morgan fingerprint density at radius 2 is 1.92 bits per heavy atom. The van der Waals surface area contributed by atoms with Gasteiger partial charge in [0.2, 0.25) is 0 Å². The quantitative estimate of drug-likeness (QED) is 0.196. The molecule has 0 unspecified atom stereocenters. The van der Waals surface area contributed by atoms with Gasteiger partial charge in [0.05, 0.1) is 17.2 Å². The van der Waals surface area contributed by atoms with E-state index in [0.717, 1.165) is 32.3 Å². The van der Waals surface area contributed by atoms with Crippen molar-refractivity contribution in [2.75, 3.05) is 29.7 Å². The van der Waals surface area contributed by atoms with Gasteiger partial charge in [0.25, 0.3) is 5.91 Å². The van der Waals surface area contributed by atoms with Crippen molar-refractivity contribution >= 4 is 45.4 Å². The van der Waals surface area contributed by atoms with E-state index in [-0.39, 0.29) is 11.6 Å². The molecule has 9 heteroatoms. The molecule has 0 bridgehead atoms. The fourth-order valence-electron chi connectivity index (χ4n) is 4.26. The van der Waals surface area contributed by atoms with Gasteiger partial charge in [-0.2, -0.15) is 0 Å². The van der Waals surface area contributed by atoms with Crippen LogP contribution >= 0.6 is 23.1 Å². The first-order chi connectivity index (χ1) is 17.9. The van der Waals surface area contributed by atoms with E-state index in [9.17, 15) is 13.8 Å². The highest BCUT2D eigenvalue weighted by atomic mass is 32.2. The third kappa shape index (κ3) is 5.42. The number of anilines is 3. The first-order valence-corrected chi connectivity index (χ1v) is 13.7. The van der Waals surface area contributed by atoms with Gasteiger partial charge in [-0.3, -0.25) is 4.79 Å². The molecule has 4 aromatic rings. The second kappa shape index (κ2) is 10.8. The summed E-state index contributed by atoms with van der Waals surface area (Å²) in [5, 5.41) is 3.09. The highest BCUT2D eigenvalue weighted by Gasteiger charge is 2.23. The largest absolute Gasteiger partial charge is 0.490 e. The molecule has 1 aliphatic heterocycles. The minimum Gasteiger partial charge on any atom is -0.490 e. The van der Waals surface area contributed by atoms with E-state index in [0.29, 0.717) is 31.0 Å². The van der Waals surface area contributed by atoms with Gasteiger partial charge in [-0.05, 0) is 83.7 Å². The number of nitrogens with one attached hydrogen (secondary N) is 1. The lowest BCUT2D eigenvalue weighted by Crippen LogP contribution is -2.28. The zero-order chi connectivity index (χ0) is 25.9. The molecular formula is C28H25F2N3O2S2.